The van der Waals surface area contributed by atoms with Crippen molar-refractivity contribution in [3.05, 3.63) is 30.9 Å². The third-order valence-corrected chi connectivity index (χ3v) is 6.34. The summed E-state index contributed by atoms with van der Waals surface area (Å²) in [5.74, 6) is 0.774. The average molecular weight is 423 g/mol. The molecule has 0 saturated carbocycles. The fraction of sp³-hybridized carbons (Fsp3) is 0.182. The zero-order chi connectivity index (χ0) is 13.7. The van der Waals surface area contributed by atoms with E-state index in [1.165, 1.54) is 0 Å². The predicted molar refractivity (Wildman–Crippen MR) is 84.0 cm³/mol. The Hall–Kier alpha value is -0.500. The van der Waals surface area contributed by atoms with Crippen molar-refractivity contribution in [1.29, 1.82) is 0 Å². The molecule has 0 radical (unpaired) electrons. The van der Waals surface area contributed by atoms with E-state index in [0.717, 1.165) is 30.3 Å². The highest BCUT2D eigenvalue weighted by atomic mass is 79.9. The van der Waals surface area contributed by atoms with E-state index in [4.69, 9.17) is 11.6 Å². The molecule has 0 aromatic carbocycles. The Kier molecular flexibility index (Phi) is 3.41. The molecule has 0 N–H and O–H groups in total. The van der Waals surface area contributed by atoms with Crippen molar-refractivity contribution in [2.45, 2.75) is 13.8 Å². The molecule has 3 aromatic heterocycles. The molecule has 4 nitrogen and oxygen atoms in total. The predicted octanol–water partition coefficient (Wildman–Crippen LogP) is 4.65. The van der Waals surface area contributed by atoms with Crippen molar-refractivity contribution in [2.75, 3.05) is 0 Å². The van der Waals surface area contributed by atoms with Crippen LogP contribution >= 0.6 is 54.8 Å². The summed E-state index contributed by atoms with van der Waals surface area (Å²) >= 11 is 14.7. The van der Waals surface area contributed by atoms with Crippen LogP contribution in [0.4, 0.5) is 0 Å². The molecule has 0 atom stereocenters. The first-order chi connectivity index (χ1) is 8.99. The molecule has 8 heteroatoms. The first kappa shape index (κ1) is 13.5. The SMILES string of the molecule is Cc1nc(Cl)c2nnc(-c3cc(Br)c(Br)s3)n2c1C. The van der Waals surface area contributed by atoms with Crippen molar-refractivity contribution in [2.24, 2.45) is 0 Å². The van der Waals surface area contributed by atoms with Crippen LogP contribution in [0, 0.1) is 13.8 Å². The molecule has 98 valence electrons. The van der Waals surface area contributed by atoms with E-state index >= 15 is 0 Å². The lowest BCUT2D eigenvalue weighted by molar-refractivity contribution is 1.00. The van der Waals surface area contributed by atoms with Crippen LogP contribution in [0.25, 0.3) is 16.3 Å². The number of aromatic nitrogens is 4. The van der Waals surface area contributed by atoms with Crippen LogP contribution in [0.2, 0.25) is 5.15 Å². The van der Waals surface area contributed by atoms with E-state index < -0.39 is 0 Å². The first-order valence-electron chi connectivity index (χ1n) is 5.32. The van der Waals surface area contributed by atoms with Crippen LogP contribution in [0.15, 0.2) is 14.3 Å². The van der Waals surface area contributed by atoms with E-state index in [1.807, 2.05) is 24.3 Å². The minimum absolute atomic E-state index is 0.372. The third-order valence-electron chi connectivity index (χ3n) is 2.84. The monoisotopic (exact) mass is 420 g/mol. The van der Waals surface area contributed by atoms with E-state index in [1.54, 1.807) is 11.3 Å². The fourth-order valence-electron chi connectivity index (χ4n) is 1.79. The third kappa shape index (κ3) is 2.12. The Morgan fingerprint density at radius 3 is 2.63 bits per heavy atom. The van der Waals surface area contributed by atoms with Crippen LogP contribution < -0.4 is 0 Å². The summed E-state index contributed by atoms with van der Waals surface area (Å²) in [6.07, 6.45) is 0. The molecular weight excluding hydrogens is 415 g/mol. The summed E-state index contributed by atoms with van der Waals surface area (Å²) in [5.41, 5.74) is 2.44. The smallest absolute Gasteiger partial charge is 0.199 e. The highest BCUT2D eigenvalue weighted by molar-refractivity contribution is 9.13. The van der Waals surface area contributed by atoms with Gasteiger partial charge in [0, 0.05) is 10.2 Å². The molecule has 0 unspecified atom stereocenters. The number of hydrogen-bond donors (Lipinski definition) is 0. The quantitative estimate of drug-likeness (QED) is 0.573. The number of nitrogens with zero attached hydrogens (tertiary/aromatic N) is 4. The second-order valence-electron chi connectivity index (χ2n) is 3.99. The van der Waals surface area contributed by atoms with E-state index in [-0.39, 0.29) is 0 Å². The van der Waals surface area contributed by atoms with E-state index in [9.17, 15) is 0 Å². The summed E-state index contributed by atoms with van der Waals surface area (Å²) < 4.78 is 3.96. The van der Waals surface area contributed by atoms with Crippen LogP contribution in [0.3, 0.4) is 0 Å². The van der Waals surface area contributed by atoms with Crippen molar-refractivity contribution >= 4 is 60.4 Å². The molecule has 0 aliphatic carbocycles. The molecule has 0 aliphatic rings. The van der Waals surface area contributed by atoms with Gasteiger partial charge in [0.25, 0.3) is 0 Å². The topological polar surface area (TPSA) is 43.1 Å². The van der Waals surface area contributed by atoms with Crippen LogP contribution in [-0.4, -0.2) is 19.6 Å². The Labute approximate surface area is 135 Å². The number of thiophene rings is 1. The van der Waals surface area contributed by atoms with Crippen molar-refractivity contribution in [3.8, 4) is 10.7 Å². The van der Waals surface area contributed by atoms with Gasteiger partial charge in [-0.2, -0.15) is 0 Å². The Morgan fingerprint density at radius 2 is 2.00 bits per heavy atom. The van der Waals surface area contributed by atoms with Gasteiger partial charge in [-0.05, 0) is 51.8 Å². The zero-order valence-corrected chi connectivity index (χ0v) is 14.7. The number of halogens is 3. The summed E-state index contributed by atoms with van der Waals surface area (Å²) in [6.45, 7) is 3.90. The maximum absolute atomic E-state index is 6.12. The molecular formula is C11H7Br2ClN4S. The summed E-state index contributed by atoms with van der Waals surface area (Å²) in [5, 5.41) is 8.74. The van der Waals surface area contributed by atoms with Crippen LogP contribution in [0.1, 0.15) is 11.4 Å². The van der Waals surface area contributed by atoms with Crippen molar-refractivity contribution < 1.29 is 0 Å². The number of rotatable bonds is 1. The number of aryl methyl sites for hydroxylation is 2. The lowest BCUT2D eigenvalue weighted by atomic mass is 10.3. The van der Waals surface area contributed by atoms with Crippen LogP contribution in [-0.2, 0) is 0 Å². The summed E-state index contributed by atoms with van der Waals surface area (Å²) in [6, 6.07) is 2.01. The Bertz CT molecular complexity index is 776. The van der Waals surface area contributed by atoms with Gasteiger partial charge in [0.15, 0.2) is 16.6 Å². The molecule has 3 heterocycles. The van der Waals surface area contributed by atoms with Gasteiger partial charge < -0.3 is 0 Å². The van der Waals surface area contributed by atoms with Gasteiger partial charge >= 0.3 is 0 Å². The highest BCUT2D eigenvalue weighted by Gasteiger charge is 2.17. The minimum atomic E-state index is 0.372. The number of fused-ring (bicyclic) bond motifs is 1. The largest absolute Gasteiger partial charge is 0.275 e. The maximum Gasteiger partial charge on any atom is 0.199 e. The second-order valence-corrected chi connectivity index (χ2v) is 7.57. The maximum atomic E-state index is 6.12. The number of hydrogen-bond acceptors (Lipinski definition) is 4. The molecule has 0 amide bonds. The Balaban J connectivity index is 2.36. The van der Waals surface area contributed by atoms with Crippen molar-refractivity contribution in [1.82, 2.24) is 19.6 Å². The lowest BCUT2D eigenvalue weighted by Crippen LogP contribution is -2.00. The molecule has 3 aromatic rings. The fourth-order valence-corrected chi connectivity index (χ4v) is 4.05. The second kappa shape index (κ2) is 4.80. The highest BCUT2D eigenvalue weighted by Crippen LogP contribution is 2.38. The van der Waals surface area contributed by atoms with Gasteiger partial charge in [-0.3, -0.25) is 4.40 Å². The first-order valence-corrected chi connectivity index (χ1v) is 8.10. The summed E-state index contributed by atoms with van der Waals surface area (Å²) in [7, 11) is 0. The van der Waals surface area contributed by atoms with Gasteiger partial charge in [0.2, 0.25) is 0 Å². The Morgan fingerprint density at radius 1 is 1.26 bits per heavy atom. The van der Waals surface area contributed by atoms with Gasteiger partial charge in [-0.15, -0.1) is 21.5 Å². The van der Waals surface area contributed by atoms with Gasteiger partial charge in [0.1, 0.15) is 0 Å². The summed E-state index contributed by atoms with van der Waals surface area (Å²) in [4.78, 5) is 5.27. The molecule has 0 aliphatic heterocycles. The van der Waals surface area contributed by atoms with Gasteiger partial charge in [-0.1, -0.05) is 11.6 Å². The molecule has 3 rings (SSSR count). The molecule has 0 spiro atoms. The normalized spacial score (nSPS) is 11.4. The van der Waals surface area contributed by atoms with Crippen molar-refractivity contribution in [3.63, 3.8) is 0 Å². The minimum Gasteiger partial charge on any atom is -0.275 e. The molecule has 19 heavy (non-hydrogen) atoms. The standard InChI is InChI=1S/C11H7Br2ClN4S/c1-4-5(2)18-10(7-3-6(12)8(13)19-7)16-17-11(18)9(14)15-4/h3H,1-2H3. The lowest BCUT2D eigenvalue weighted by Gasteiger charge is -2.05. The average Bonchev–Trinajstić information content (AvgIpc) is 2.91. The van der Waals surface area contributed by atoms with Gasteiger partial charge in [0.05, 0.1) is 14.4 Å². The van der Waals surface area contributed by atoms with E-state index in [2.05, 4.69) is 47.0 Å². The van der Waals surface area contributed by atoms with Gasteiger partial charge in [-0.25, -0.2) is 4.98 Å². The molecule has 0 bridgehead atoms. The molecule has 0 saturated heterocycles. The van der Waals surface area contributed by atoms with E-state index in [0.29, 0.717) is 10.8 Å². The van der Waals surface area contributed by atoms with Crippen LogP contribution in [0.5, 0.6) is 0 Å². The zero-order valence-electron chi connectivity index (χ0n) is 9.91. The molecule has 0 fully saturated rings.